The molecule has 0 aromatic carbocycles. The second-order valence-electron chi connectivity index (χ2n) is 4.95. The Morgan fingerprint density at radius 1 is 1.36 bits per heavy atom. The molecule has 14 heavy (non-hydrogen) atoms. The lowest BCUT2D eigenvalue weighted by Crippen LogP contribution is -2.49. The van der Waals surface area contributed by atoms with Crippen molar-refractivity contribution in [2.45, 2.75) is 19.4 Å². The number of fused-ring (bicyclic) bond motifs is 1. The maximum absolute atomic E-state index is 11.1. The van der Waals surface area contributed by atoms with Crippen LogP contribution in [0.1, 0.15) is 13.8 Å². The molecule has 4 heteroatoms. The van der Waals surface area contributed by atoms with E-state index in [4.69, 9.17) is 5.11 Å². The maximum Gasteiger partial charge on any atom is 0.323 e. The van der Waals surface area contributed by atoms with Gasteiger partial charge in [-0.25, -0.2) is 0 Å². The molecular weight excluding hydrogens is 180 g/mol. The van der Waals surface area contributed by atoms with Crippen LogP contribution in [0.15, 0.2) is 0 Å². The van der Waals surface area contributed by atoms with Crippen LogP contribution < -0.4 is 5.32 Å². The highest BCUT2D eigenvalue weighted by atomic mass is 16.4. The molecule has 0 radical (unpaired) electrons. The molecule has 2 saturated heterocycles. The fourth-order valence-electron chi connectivity index (χ4n) is 2.45. The Kier molecular flexibility index (Phi) is 2.27. The van der Waals surface area contributed by atoms with Gasteiger partial charge in [0.05, 0.1) is 0 Å². The number of likely N-dealkylation sites (tertiary alicyclic amines) is 1. The summed E-state index contributed by atoms with van der Waals surface area (Å²) in [4.78, 5) is 13.2. The molecule has 4 nitrogen and oxygen atoms in total. The molecular formula is C10H18N2O2. The molecule has 0 spiro atoms. The maximum atomic E-state index is 11.1. The summed E-state index contributed by atoms with van der Waals surface area (Å²) < 4.78 is 0. The highest BCUT2D eigenvalue weighted by molar-refractivity contribution is 5.77. The van der Waals surface area contributed by atoms with Crippen LogP contribution in [0.2, 0.25) is 0 Å². The Morgan fingerprint density at radius 2 is 1.86 bits per heavy atom. The van der Waals surface area contributed by atoms with Gasteiger partial charge in [0.15, 0.2) is 0 Å². The van der Waals surface area contributed by atoms with Gasteiger partial charge in [-0.15, -0.1) is 0 Å². The van der Waals surface area contributed by atoms with Crippen molar-refractivity contribution in [1.29, 1.82) is 0 Å². The molecule has 0 aliphatic carbocycles. The van der Waals surface area contributed by atoms with Gasteiger partial charge in [-0.3, -0.25) is 9.69 Å². The van der Waals surface area contributed by atoms with Crippen LogP contribution in [-0.2, 0) is 4.79 Å². The van der Waals surface area contributed by atoms with Crippen LogP contribution in [0.3, 0.4) is 0 Å². The molecule has 2 unspecified atom stereocenters. The lowest BCUT2D eigenvalue weighted by molar-refractivity contribution is -0.148. The van der Waals surface area contributed by atoms with E-state index in [0.29, 0.717) is 11.8 Å². The van der Waals surface area contributed by atoms with Crippen LogP contribution in [0.25, 0.3) is 0 Å². The first-order chi connectivity index (χ1) is 6.51. The smallest absolute Gasteiger partial charge is 0.323 e. The van der Waals surface area contributed by atoms with Crippen molar-refractivity contribution >= 4 is 5.97 Å². The molecule has 2 fully saturated rings. The predicted molar refractivity (Wildman–Crippen MR) is 53.1 cm³/mol. The Labute approximate surface area is 84.3 Å². The summed E-state index contributed by atoms with van der Waals surface area (Å²) in [6.45, 7) is 7.55. The van der Waals surface area contributed by atoms with Crippen molar-refractivity contribution in [1.82, 2.24) is 10.2 Å². The molecule has 2 atom stereocenters. The number of rotatable bonds is 2. The van der Waals surface area contributed by atoms with Gasteiger partial charge >= 0.3 is 5.97 Å². The number of hydrogen-bond donors (Lipinski definition) is 2. The quantitative estimate of drug-likeness (QED) is 0.656. The molecule has 2 N–H and O–H groups in total. The fraction of sp³-hybridized carbons (Fsp3) is 0.900. The van der Waals surface area contributed by atoms with E-state index in [0.717, 1.165) is 26.2 Å². The first kappa shape index (κ1) is 9.93. The van der Waals surface area contributed by atoms with E-state index in [2.05, 4.69) is 10.2 Å². The van der Waals surface area contributed by atoms with Crippen LogP contribution in [0.4, 0.5) is 0 Å². The van der Waals surface area contributed by atoms with E-state index in [1.54, 1.807) is 13.8 Å². The van der Waals surface area contributed by atoms with Gasteiger partial charge in [-0.1, -0.05) is 0 Å². The first-order valence-corrected chi connectivity index (χ1v) is 5.21. The zero-order valence-corrected chi connectivity index (χ0v) is 8.79. The molecule has 80 valence electrons. The fourth-order valence-corrected chi connectivity index (χ4v) is 2.45. The average Bonchev–Trinajstić information content (AvgIpc) is 2.60. The largest absolute Gasteiger partial charge is 0.480 e. The van der Waals surface area contributed by atoms with Gasteiger partial charge in [-0.2, -0.15) is 0 Å². The normalized spacial score (nSPS) is 33.3. The number of carbonyl (C=O) groups is 1. The van der Waals surface area contributed by atoms with Gasteiger partial charge in [0.25, 0.3) is 0 Å². The summed E-state index contributed by atoms with van der Waals surface area (Å²) >= 11 is 0. The van der Waals surface area contributed by atoms with Crippen molar-refractivity contribution in [2.75, 3.05) is 26.2 Å². The SMILES string of the molecule is CC(C)(C(=O)O)N1CC2CNCC2C1. The average molecular weight is 198 g/mol. The monoisotopic (exact) mass is 198 g/mol. The van der Waals surface area contributed by atoms with E-state index in [1.165, 1.54) is 0 Å². The summed E-state index contributed by atoms with van der Waals surface area (Å²) in [5.41, 5.74) is -0.704. The topological polar surface area (TPSA) is 52.6 Å². The highest BCUT2D eigenvalue weighted by Gasteiger charge is 2.44. The first-order valence-electron chi connectivity index (χ1n) is 5.21. The minimum Gasteiger partial charge on any atom is -0.480 e. The van der Waals surface area contributed by atoms with Crippen molar-refractivity contribution in [3.63, 3.8) is 0 Å². The zero-order valence-electron chi connectivity index (χ0n) is 8.79. The molecule has 0 amide bonds. The van der Waals surface area contributed by atoms with Crippen molar-refractivity contribution < 1.29 is 9.90 Å². The summed E-state index contributed by atoms with van der Waals surface area (Å²) in [5, 5.41) is 12.5. The molecule has 2 heterocycles. The predicted octanol–water partition coefficient (Wildman–Crippen LogP) is 0.000800. The number of nitrogens with one attached hydrogen (secondary N) is 1. The van der Waals surface area contributed by atoms with E-state index in [1.807, 2.05) is 0 Å². The molecule has 0 aromatic rings. The Balaban J connectivity index is 2.05. The third kappa shape index (κ3) is 1.42. The number of carboxylic acids is 1. The van der Waals surface area contributed by atoms with Gasteiger partial charge < -0.3 is 10.4 Å². The number of hydrogen-bond acceptors (Lipinski definition) is 3. The molecule has 0 bridgehead atoms. The number of aliphatic carboxylic acids is 1. The van der Waals surface area contributed by atoms with Gasteiger partial charge in [0.1, 0.15) is 5.54 Å². The minimum atomic E-state index is -0.717. The summed E-state index contributed by atoms with van der Waals surface area (Å²) in [6.07, 6.45) is 0. The van der Waals surface area contributed by atoms with E-state index >= 15 is 0 Å². The summed E-state index contributed by atoms with van der Waals surface area (Å²) in [7, 11) is 0. The van der Waals surface area contributed by atoms with Gasteiger partial charge in [0.2, 0.25) is 0 Å². The highest BCUT2D eigenvalue weighted by Crippen LogP contribution is 2.31. The van der Waals surface area contributed by atoms with E-state index < -0.39 is 11.5 Å². The third-order valence-corrected chi connectivity index (χ3v) is 3.70. The third-order valence-electron chi connectivity index (χ3n) is 3.70. The molecule has 2 aliphatic rings. The van der Waals surface area contributed by atoms with Crippen molar-refractivity contribution in [3.8, 4) is 0 Å². The van der Waals surface area contributed by atoms with Crippen molar-refractivity contribution in [2.24, 2.45) is 11.8 Å². The zero-order chi connectivity index (χ0) is 10.3. The number of carboxylic acid groups (broad SMARTS) is 1. The van der Waals surface area contributed by atoms with Crippen LogP contribution >= 0.6 is 0 Å². The Morgan fingerprint density at radius 3 is 2.29 bits per heavy atom. The second kappa shape index (κ2) is 3.21. The summed E-state index contributed by atoms with van der Waals surface area (Å²) in [6, 6.07) is 0. The van der Waals surface area contributed by atoms with Crippen LogP contribution in [0.5, 0.6) is 0 Å². The lowest BCUT2D eigenvalue weighted by atomic mass is 10.0. The standard InChI is InChI=1S/C10H18N2O2/c1-10(2,9(13)14)12-5-7-3-11-4-8(7)6-12/h7-8,11H,3-6H2,1-2H3,(H,13,14). The summed E-state index contributed by atoms with van der Waals surface area (Å²) in [5.74, 6) is 0.604. The van der Waals surface area contributed by atoms with E-state index in [-0.39, 0.29) is 0 Å². The van der Waals surface area contributed by atoms with E-state index in [9.17, 15) is 4.79 Å². The molecule has 2 rings (SSSR count). The number of nitrogens with zero attached hydrogens (tertiary/aromatic N) is 1. The minimum absolute atomic E-state index is 0.661. The molecule has 2 aliphatic heterocycles. The van der Waals surface area contributed by atoms with Crippen LogP contribution in [-0.4, -0.2) is 47.7 Å². The Bertz CT molecular complexity index is 241. The van der Waals surface area contributed by atoms with Gasteiger partial charge in [0, 0.05) is 13.1 Å². The molecule has 0 aromatic heterocycles. The van der Waals surface area contributed by atoms with Gasteiger partial charge in [-0.05, 0) is 38.8 Å². The Hall–Kier alpha value is -0.610. The molecule has 0 saturated carbocycles. The lowest BCUT2D eigenvalue weighted by Gasteiger charge is -2.31. The van der Waals surface area contributed by atoms with Crippen LogP contribution in [0, 0.1) is 11.8 Å². The van der Waals surface area contributed by atoms with Crippen molar-refractivity contribution in [3.05, 3.63) is 0 Å². The second-order valence-corrected chi connectivity index (χ2v) is 4.95.